The van der Waals surface area contributed by atoms with Crippen LogP contribution in [0.5, 0.6) is 0 Å². The number of hydrogen-bond donors (Lipinski definition) is 15. The molecule has 4 amide bonds. The van der Waals surface area contributed by atoms with E-state index in [4.69, 9.17) is 14.6 Å². The van der Waals surface area contributed by atoms with Gasteiger partial charge in [0, 0.05) is 93.4 Å². The van der Waals surface area contributed by atoms with E-state index in [1.54, 1.807) is 15.9 Å². The Morgan fingerprint density at radius 1 is 0.399 bits per heavy atom. The molecule has 3 aliphatic rings. The Balaban J connectivity index is 0.000000170. The highest BCUT2D eigenvalue weighted by molar-refractivity contribution is 5.95. The molecule has 38 nitrogen and oxygen atoms in total. The quantitative estimate of drug-likeness (QED) is 0.0106. The summed E-state index contributed by atoms with van der Waals surface area (Å²) in [6.07, 6.45) is -8.77. The van der Waals surface area contributed by atoms with E-state index in [0.29, 0.717) is 81.0 Å². The van der Waals surface area contributed by atoms with Gasteiger partial charge in [0.1, 0.15) is 34.4 Å². The number of hydrazine groups is 4. The molecule has 0 saturated carbocycles. The minimum atomic E-state index is -4.47. The molecule has 12 aromatic rings. The maximum absolute atomic E-state index is 14.3. The van der Waals surface area contributed by atoms with Crippen molar-refractivity contribution in [3.63, 3.8) is 0 Å². The van der Waals surface area contributed by atoms with Gasteiger partial charge in [-0.2, -0.15) is 72.6 Å². The molecule has 1 unspecified atom stereocenters. The molecular formula is C90H91F15N30O8. The van der Waals surface area contributed by atoms with Gasteiger partial charge in [0.15, 0.2) is 34.9 Å². The number of ketones is 1. The first-order valence-electron chi connectivity index (χ1n) is 43.3. The van der Waals surface area contributed by atoms with Gasteiger partial charge in [-0.3, -0.25) is 77.2 Å². The van der Waals surface area contributed by atoms with Gasteiger partial charge < -0.3 is 56.3 Å². The van der Waals surface area contributed by atoms with Crippen molar-refractivity contribution in [2.75, 3.05) is 168 Å². The molecular weight excluding hydrogens is 1910 g/mol. The van der Waals surface area contributed by atoms with E-state index in [-0.39, 0.29) is 112 Å². The number of benzene rings is 4. The van der Waals surface area contributed by atoms with E-state index in [2.05, 4.69) is 145 Å². The van der Waals surface area contributed by atoms with Crippen LogP contribution in [0.15, 0.2) is 195 Å². The summed E-state index contributed by atoms with van der Waals surface area (Å²) < 4.78 is 207. The van der Waals surface area contributed by atoms with Crippen LogP contribution in [0, 0.1) is 24.4 Å². The Hall–Kier alpha value is -16.3. The molecule has 15 N–H and O–H groups in total. The Labute approximate surface area is 804 Å². The Bertz CT molecular complexity index is 6280. The number of alkyl halides is 12. The summed E-state index contributed by atoms with van der Waals surface area (Å²) in [5.41, 5.74) is 19.9. The first-order valence-corrected chi connectivity index (χ1v) is 43.3. The lowest BCUT2D eigenvalue weighted by atomic mass is 10.2. The summed E-state index contributed by atoms with van der Waals surface area (Å²) in [7, 11) is 0. The number of Topliss-reactive ketones (excluding diaryl/α,β-unsaturated/α-hetero) is 1. The van der Waals surface area contributed by atoms with Crippen LogP contribution in [0.3, 0.4) is 0 Å². The van der Waals surface area contributed by atoms with Gasteiger partial charge in [-0.15, -0.1) is 0 Å². The topological polar surface area (TPSA) is 460 Å². The average Bonchev–Trinajstić information content (AvgIpc) is 0.822. The minimum Gasteiger partial charge on any atom is -0.395 e. The summed E-state index contributed by atoms with van der Waals surface area (Å²) in [5.74, 6) is -4.01. The Morgan fingerprint density at radius 2 is 0.776 bits per heavy atom. The van der Waals surface area contributed by atoms with E-state index in [0.717, 1.165) is 119 Å². The maximum atomic E-state index is 14.3. The summed E-state index contributed by atoms with van der Waals surface area (Å²) in [4.78, 5) is 117. The number of anilines is 16. The van der Waals surface area contributed by atoms with Gasteiger partial charge in [0.05, 0.1) is 134 Å². The second-order valence-corrected chi connectivity index (χ2v) is 31.2. The second kappa shape index (κ2) is 49.5. The van der Waals surface area contributed by atoms with E-state index in [1.807, 2.05) is 19.9 Å². The van der Waals surface area contributed by atoms with Crippen molar-refractivity contribution in [2.24, 2.45) is 0 Å². The SMILES string of the molecule is CC(=O)CNc1nc(NNC(=O)c2ccc(Nc3cccc(C(F)(F)F)c3)cn2)ncc1F.CC1COCCN1c1nc(NNC(=O)c2ccc(Nc3cccc(C(F)(F)F)c3)cn2)ncc1F.Cc1cc(NCCCN2CCOCC2)nc(NNC(=O)c2ccc(Nc3cccc(C(F)(F)F)c3)cn2)n1.O=C(NNc1ncc(F)c(N2CCN(CCO)CC2)n1)c1ccc(Nc2cccc(C(F)(F)F)c2)cn1. The third kappa shape index (κ3) is 32.7. The van der Waals surface area contributed by atoms with Crippen molar-refractivity contribution >= 4 is 122 Å². The van der Waals surface area contributed by atoms with Crippen LogP contribution in [0.4, 0.5) is 158 Å². The molecule has 11 heterocycles. The third-order valence-electron chi connectivity index (χ3n) is 20.4. The van der Waals surface area contributed by atoms with Crippen LogP contribution in [0.1, 0.15) is 90.2 Å². The molecule has 0 aliphatic carbocycles. The van der Waals surface area contributed by atoms with Crippen LogP contribution in [0.2, 0.25) is 0 Å². The minimum absolute atomic E-state index is 0.0173. The lowest BCUT2D eigenvalue weighted by Crippen LogP contribution is -2.47. The number of halogens is 15. The Morgan fingerprint density at radius 3 is 1.16 bits per heavy atom. The predicted octanol–water partition coefficient (Wildman–Crippen LogP) is 13.8. The van der Waals surface area contributed by atoms with Gasteiger partial charge >= 0.3 is 24.7 Å². The van der Waals surface area contributed by atoms with Crippen LogP contribution >= 0.6 is 0 Å². The number of ether oxygens (including phenoxy) is 2. The van der Waals surface area contributed by atoms with E-state index < -0.39 is 88.0 Å². The summed E-state index contributed by atoms with van der Waals surface area (Å²) in [6.45, 7) is 14.3. The molecule has 143 heavy (non-hydrogen) atoms. The molecule has 754 valence electrons. The summed E-state index contributed by atoms with van der Waals surface area (Å²) in [5, 5.41) is 26.1. The number of amides is 4. The molecule has 0 spiro atoms. The third-order valence-corrected chi connectivity index (χ3v) is 20.4. The number of nitrogens with zero attached hydrogens (tertiary/aromatic N) is 16. The fourth-order valence-electron chi connectivity index (χ4n) is 13.3. The zero-order chi connectivity index (χ0) is 102. The largest absolute Gasteiger partial charge is 0.416 e. The van der Waals surface area contributed by atoms with Crippen LogP contribution in [-0.4, -0.2) is 215 Å². The number of pyridine rings is 4. The number of aryl methyl sites for hydroxylation is 1. The highest BCUT2D eigenvalue weighted by Gasteiger charge is 2.35. The molecule has 3 fully saturated rings. The van der Waals surface area contributed by atoms with E-state index >= 15 is 0 Å². The number of piperazine rings is 1. The molecule has 0 radical (unpaired) electrons. The van der Waals surface area contributed by atoms with Crippen molar-refractivity contribution in [3.8, 4) is 0 Å². The normalized spacial score (nSPS) is 13.9. The van der Waals surface area contributed by atoms with Gasteiger partial charge in [-0.05, 0) is 155 Å². The number of hydrogen-bond acceptors (Lipinski definition) is 34. The van der Waals surface area contributed by atoms with Crippen molar-refractivity contribution in [1.29, 1.82) is 0 Å². The summed E-state index contributed by atoms with van der Waals surface area (Å²) in [6, 6.07) is 32.2. The van der Waals surface area contributed by atoms with Crippen LogP contribution in [0.25, 0.3) is 0 Å². The number of aliphatic hydroxyl groups is 1. The zero-order valence-corrected chi connectivity index (χ0v) is 75.7. The molecule has 8 aromatic heterocycles. The number of morpholine rings is 2. The highest BCUT2D eigenvalue weighted by atomic mass is 19.4. The van der Waals surface area contributed by atoms with Gasteiger partial charge in [-0.25, -0.2) is 53.0 Å². The summed E-state index contributed by atoms with van der Waals surface area (Å²) >= 11 is 0. The predicted molar refractivity (Wildman–Crippen MR) is 496 cm³/mol. The van der Waals surface area contributed by atoms with Gasteiger partial charge in [-0.1, -0.05) is 24.3 Å². The smallest absolute Gasteiger partial charge is 0.395 e. The first kappa shape index (κ1) is 106. The molecule has 15 rings (SSSR count). The molecule has 0 bridgehead atoms. The van der Waals surface area contributed by atoms with E-state index in [9.17, 15) is 89.8 Å². The van der Waals surface area contributed by atoms with Crippen molar-refractivity contribution in [2.45, 2.75) is 57.9 Å². The van der Waals surface area contributed by atoms with Crippen molar-refractivity contribution < 1.29 is 104 Å². The number of rotatable bonds is 32. The standard InChI is InChI=1S/C25H29F3N8O2.C23H24F4N8O2.C22H21F4N7O2.C20H17F4N7O2/c1-17-14-22(29-8-3-9-36-10-12-38-13-11-36)33-24(31-17)35-34-23(37)21-7-6-20(16-30-21)32-19-5-2-4-18(15-19)25(26,27)28;24-18-14-29-22(31-20(18)35-8-6-34(7-9-35)10-11-36)33-32-21(37)19-5-4-17(13-28-19)30-16-3-1-2-15(12-16)23(25,26)27;1-13-12-35-8-7-33(13)19-17(23)11-28-21(30-19)32-31-20(34)18-6-5-16(10-27-18)29-15-4-2-3-14(9-15)22(24,25)26;1-11(32)8-26-17-15(21)10-27-19(29-17)31-30-18(33)16-6-5-14(9-25-16)28-13-4-2-3-12(7-13)20(22,23)24/h2,4-7,14-16,32H,3,8-13H2,1H3,(H,34,37)(H2,29,31,33,35);1-5,12-14,30,36H,6-11H2,(H,32,37)(H,29,31,33);2-6,9-11,13,29H,7-8,12H2,1H3,(H,31,34)(H,28,30,32);2-7,9-10,28H,8H2,1H3,(H,30,33)(H2,26,27,29,31). The van der Waals surface area contributed by atoms with E-state index in [1.165, 1.54) is 123 Å². The molecule has 1 atom stereocenters. The number of aliphatic hydroxyl groups excluding tert-OH is 1. The van der Waals surface area contributed by atoms with Crippen LogP contribution in [-0.2, 0) is 39.0 Å². The number of carbonyl (C=O) groups excluding carboxylic acids is 5. The fourth-order valence-corrected chi connectivity index (χ4v) is 13.3. The lowest BCUT2D eigenvalue weighted by Gasteiger charge is -2.35. The highest BCUT2D eigenvalue weighted by Crippen LogP contribution is 2.37. The Kier molecular flexibility index (Phi) is 36.6. The first-order chi connectivity index (χ1) is 68.3. The molecule has 4 aromatic carbocycles. The lowest BCUT2D eigenvalue weighted by molar-refractivity contribution is -0.138. The monoisotopic (exact) mass is 2000 g/mol. The number of aromatic nitrogens is 12. The average molecular weight is 2010 g/mol. The number of nitrogens with one attached hydrogen (secondary N) is 14. The second-order valence-electron chi connectivity index (χ2n) is 31.2. The van der Waals surface area contributed by atoms with Crippen LogP contribution < -0.4 is 85.1 Å². The van der Waals surface area contributed by atoms with Gasteiger partial charge in [0.25, 0.3) is 23.6 Å². The fraction of sp³-hybridized carbons (Fsp3) is 0.278. The number of carbonyl (C=O) groups is 5. The maximum Gasteiger partial charge on any atom is 0.416 e. The van der Waals surface area contributed by atoms with Gasteiger partial charge in [0.2, 0.25) is 23.8 Å². The zero-order valence-electron chi connectivity index (χ0n) is 75.7. The number of β-amino-alcohol motifs (C(OH)–C–C–N with tert-alkyl or cyclic N) is 1. The molecule has 3 saturated heterocycles. The molecule has 53 heteroatoms. The van der Waals surface area contributed by atoms with Crippen molar-refractivity contribution in [1.82, 2.24) is 91.3 Å². The molecule has 3 aliphatic heterocycles. The van der Waals surface area contributed by atoms with Crippen molar-refractivity contribution in [3.05, 3.63) is 263 Å².